The van der Waals surface area contributed by atoms with Gasteiger partial charge in [-0.25, -0.2) is 0 Å². The molecule has 0 N–H and O–H groups in total. The van der Waals surface area contributed by atoms with Crippen molar-refractivity contribution in [1.82, 2.24) is 0 Å². The zero-order chi connectivity index (χ0) is 10.7. The molecular formula is C14H18O. The minimum atomic E-state index is -0.102. The third-order valence-electron chi connectivity index (χ3n) is 3.38. The molecule has 0 aromatic heterocycles. The van der Waals surface area contributed by atoms with Gasteiger partial charge >= 0.3 is 0 Å². The number of rotatable bonds is 3. The third kappa shape index (κ3) is 1.98. The molecule has 1 heteroatoms. The summed E-state index contributed by atoms with van der Waals surface area (Å²) in [6, 6.07) is 0. The quantitative estimate of drug-likeness (QED) is 0.680. The first kappa shape index (κ1) is 10.4. The summed E-state index contributed by atoms with van der Waals surface area (Å²) in [6.45, 7) is 2.16. The molecule has 0 amide bonds. The number of methoxy groups -OCH3 is 1. The number of hydrogen-bond donors (Lipinski definition) is 0. The van der Waals surface area contributed by atoms with E-state index in [0.29, 0.717) is 0 Å². The summed E-state index contributed by atoms with van der Waals surface area (Å²) in [7, 11) is 1.82. The molecule has 2 aliphatic rings. The molecule has 0 aliphatic heterocycles. The van der Waals surface area contributed by atoms with E-state index in [2.05, 4.69) is 43.4 Å². The van der Waals surface area contributed by atoms with Crippen molar-refractivity contribution in [3.63, 3.8) is 0 Å². The van der Waals surface area contributed by atoms with Gasteiger partial charge in [0.15, 0.2) is 0 Å². The zero-order valence-corrected chi connectivity index (χ0v) is 9.49. The van der Waals surface area contributed by atoms with Crippen LogP contribution in [-0.2, 0) is 4.74 Å². The molecule has 0 heterocycles. The van der Waals surface area contributed by atoms with Crippen LogP contribution in [0, 0.1) is 0 Å². The maximum absolute atomic E-state index is 5.76. The van der Waals surface area contributed by atoms with Crippen molar-refractivity contribution < 1.29 is 4.74 Å². The molecule has 2 aliphatic carbocycles. The third-order valence-corrected chi connectivity index (χ3v) is 3.38. The second-order valence-electron chi connectivity index (χ2n) is 4.27. The molecule has 80 valence electrons. The van der Waals surface area contributed by atoms with Crippen molar-refractivity contribution in [2.75, 3.05) is 7.11 Å². The molecule has 2 rings (SSSR count). The van der Waals surface area contributed by atoms with Gasteiger partial charge in [0, 0.05) is 13.5 Å². The minimum absolute atomic E-state index is 0.102. The van der Waals surface area contributed by atoms with Gasteiger partial charge in [-0.1, -0.05) is 36.5 Å². The lowest BCUT2D eigenvalue weighted by Gasteiger charge is -2.34. The molecule has 1 atom stereocenters. The van der Waals surface area contributed by atoms with E-state index < -0.39 is 0 Å². The monoisotopic (exact) mass is 202 g/mol. The summed E-state index contributed by atoms with van der Waals surface area (Å²) in [6.07, 6.45) is 16.2. The Kier molecular flexibility index (Phi) is 2.92. The highest BCUT2D eigenvalue weighted by atomic mass is 16.5. The van der Waals surface area contributed by atoms with Crippen molar-refractivity contribution in [3.05, 3.63) is 47.6 Å². The first-order valence-corrected chi connectivity index (χ1v) is 5.51. The standard InChI is InChI=1S/C14H18O/c1-12-7-5-6-10-14(12,15-2)11-13-8-3-4-9-13/h3,5-9H,4,10-11H2,1-2H3. The summed E-state index contributed by atoms with van der Waals surface area (Å²) in [5.74, 6) is 0. The van der Waals surface area contributed by atoms with E-state index >= 15 is 0 Å². The summed E-state index contributed by atoms with van der Waals surface area (Å²) >= 11 is 0. The lowest BCUT2D eigenvalue weighted by atomic mass is 9.82. The summed E-state index contributed by atoms with van der Waals surface area (Å²) in [4.78, 5) is 0. The number of ether oxygens (including phenoxy) is 1. The molecule has 1 unspecified atom stereocenters. The van der Waals surface area contributed by atoms with Crippen LogP contribution >= 0.6 is 0 Å². The fourth-order valence-corrected chi connectivity index (χ4v) is 2.28. The Morgan fingerprint density at radius 3 is 2.87 bits per heavy atom. The Morgan fingerprint density at radius 1 is 1.40 bits per heavy atom. The maximum Gasteiger partial charge on any atom is 0.0962 e. The van der Waals surface area contributed by atoms with Gasteiger partial charge in [-0.05, 0) is 30.9 Å². The van der Waals surface area contributed by atoms with Crippen LogP contribution in [0.3, 0.4) is 0 Å². The van der Waals surface area contributed by atoms with Gasteiger partial charge < -0.3 is 4.74 Å². The molecule has 0 radical (unpaired) electrons. The molecule has 0 aromatic carbocycles. The molecule has 0 saturated carbocycles. The van der Waals surface area contributed by atoms with Gasteiger partial charge in [-0.2, -0.15) is 0 Å². The second kappa shape index (κ2) is 4.19. The normalized spacial score (nSPS) is 29.2. The lowest BCUT2D eigenvalue weighted by molar-refractivity contribution is 0.0244. The van der Waals surface area contributed by atoms with Crippen LogP contribution in [0.25, 0.3) is 0 Å². The smallest absolute Gasteiger partial charge is 0.0962 e. The first-order chi connectivity index (χ1) is 7.27. The van der Waals surface area contributed by atoms with Crippen molar-refractivity contribution in [2.24, 2.45) is 0 Å². The first-order valence-electron chi connectivity index (χ1n) is 5.51. The van der Waals surface area contributed by atoms with E-state index in [0.717, 1.165) is 19.3 Å². The van der Waals surface area contributed by atoms with Crippen LogP contribution in [0.15, 0.2) is 47.6 Å². The molecule has 0 bridgehead atoms. The van der Waals surface area contributed by atoms with E-state index in [1.165, 1.54) is 11.1 Å². The average Bonchev–Trinajstić information content (AvgIpc) is 2.74. The fourth-order valence-electron chi connectivity index (χ4n) is 2.28. The molecule has 0 aromatic rings. The predicted molar refractivity (Wildman–Crippen MR) is 63.7 cm³/mol. The van der Waals surface area contributed by atoms with Crippen LogP contribution in [0.4, 0.5) is 0 Å². The molecule has 15 heavy (non-hydrogen) atoms. The topological polar surface area (TPSA) is 9.23 Å². The Hall–Kier alpha value is -1.08. The highest BCUT2D eigenvalue weighted by molar-refractivity contribution is 5.34. The van der Waals surface area contributed by atoms with Crippen molar-refractivity contribution in [3.8, 4) is 0 Å². The summed E-state index contributed by atoms with van der Waals surface area (Å²) < 4.78 is 5.76. The second-order valence-corrected chi connectivity index (χ2v) is 4.27. The number of allylic oxidation sites excluding steroid dienone is 5. The van der Waals surface area contributed by atoms with Crippen molar-refractivity contribution in [2.45, 2.75) is 31.8 Å². The number of hydrogen-bond acceptors (Lipinski definition) is 1. The van der Waals surface area contributed by atoms with Crippen molar-refractivity contribution >= 4 is 0 Å². The van der Waals surface area contributed by atoms with Crippen LogP contribution < -0.4 is 0 Å². The van der Waals surface area contributed by atoms with Gasteiger partial charge in [-0.15, -0.1) is 0 Å². The summed E-state index contributed by atoms with van der Waals surface area (Å²) in [5.41, 5.74) is 2.63. The van der Waals surface area contributed by atoms with Crippen LogP contribution in [0.2, 0.25) is 0 Å². The lowest BCUT2D eigenvalue weighted by Crippen LogP contribution is -2.33. The Bertz CT molecular complexity index is 358. The van der Waals surface area contributed by atoms with Gasteiger partial charge in [0.1, 0.15) is 0 Å². The predicted octanol–water partition coefficient (Wildman–Crippen LogP) is 3.55. The zero-order valence-electron chi connectivity index (χ0n) is 9.49. The van der Waals surface area contributed by atoms with Gasteiger partial charge in [-0.3, -0.25) is 0 Å². The van der Waals surface area contributed by atoms with E-state index in [1.54, 1.807) is 0 Å². The highest BCUT2D eigenvalue weighted by Crippen LogP contribution is 2.36. The molecule has 0 saturated heterocycles. The Labute approximate surface area is 91.8 Å². The molecule has 0 spiro atoms. The Morgan fingerprint density at radius 2 is 2.27 bits per heavy atom. The van der Waals surface area contributed by atoms with E-state index in [9.17, 15) is 0 Å². The van der Waals surface area contributed by atoms with Crippen LogP contribution in [-0.4, -0.2) is 12.7 Å². The van der Waals surface area contributed by atoms with Gasteiger partial charge in [0.25, 0.3) is 0 Å². The van der Waals surface area contributed by atoms with E-state index in [4.69, 9.17) is 4.74 Å². The van der Waals surface area contributed by atoms with Gasteiger partial charge in [0.2, 0.25) is 0 Å². The largest absolute Gasteiger partial charge is 0.373 e. The average molecular weight is 202 g/mol. The van der Waals surface area contributed by atoms with E-state index in [-0.39, 0.29) is 5.60 Å². The maximum atomic E-state index is 5.76. The molecule has 0 fully saturated rings. The summed E-state index contributed by atoms with van der Waals surface area (Å²) in [5, 5.41) is 0. The molecular weight excluding hydrogens is 184 g/mol. The minimum Gasteiger partial charge on any atom is -0.373 e. The highest BCUT2D eigenvalue weighted by Gasteiger charge is 2.32. The fraction of sp³-hybridized carbons (Fsp3) is 0.429. The van der Waals surface area contributed by atoms with Crippen LogP contribution in [0.5, 0.6) is 0 Å². The van der Waals surface area contributed by atoms with Crippen molar-refractivity contribution in [1.29, 1.82) is 0 Å². The van der Waals surface area contributed by atoms with E-state index in [1.807, 2.05) is 7.11 Å². The van der Waals surface area contributed by atoms with Gasteiger partial charge in [0.05, 0.1) is 5.60 Å². The molecule has 1 nitrogen and oxygen atoms in total. The SMILES string of the molecule is COC1(CC2=CCC=C2)CC=CC=C1C. The Balaban J connectivity index is 2.18. The van der Waals surface area contributed by atoms with Crippen LogP contribution in [0.1, 0.15) is 26.2 Å².